The number of anilines is 1. The second-order valence-electron chi connectivity index (χ2n) is 7.69. The maximum Gasteiger partial charge on any atom is 0.321 e. The minimum absolute atomic E-state index is 0.0276. The summed E-state index contributed by atoms with van der Waals surface area (Å²) in [7, 11) is 1.69. The summed E-state index contributed by atoms with van der Waals surface area (Å²) in [5.41, 5.74) is 4.07. The van der Waals surface area contributed by atoms with Crippen LogP contribution in [0, 0.1) is 6.92 Å². The number of nitrogens with one attached hydrogen (secondary N) is 3. The standard InChI is InChI=1S/C24H33N5O2/c1-4-25-23(27-17-20-11-10-18(2)14-22(20)31-3)26-16-19-8-7-9-21(15-19)28-24(30)29-12-5-6-13-29/h7-11,14-15H,4-6,12-13,16-17H2,1-3H3,(H,28,30)(H2,25,26,27). The average molecular weight is 424 g/mol. The van der Waals surface area contributed by atoms with Crippen molar-refractivity contribution in [1.82, 2.24) is 15.5 Å². The molecular weight excluding hydrogens is 390 g/mol. The number of carbonyl (C=O) groups excluding carboxylic acids is 1. The zero-order valence-corrected chi connectivity index (χ0v) is 18.7. The number of rotatable bonds is 7. The number of urea groups is 1. The maximum absolute atomic E-state index is 12.3. The molecule has 1 fully saturated rings. The summed E-state index contributed by atoms with van der Waals surface area (Å²) in [6.45, 7) is 7.64. The summed E-state index contributed by atoms with van der Waals surface area (Å²) in [5, 5.41) is 9.64. The number of aliphatic imine (C=N–C) groups is 1. The van der Waals surface area contributed by atoms with E-state index in [9.17, 15) is 4.79 Å². The van der Waals surface area contributed by atoms with Gasteiger partial charge in [-0.15, -0.1) is 0 Å². The molecule has 1 heterocycles. The molecule has 166 valence electrons. The van der Waals surface area contributed by atoms with E-state index in [4.69, 9.17) is 9.73 Å². The highest BCUT2D eigenvalue weighted by Crippen LogP contribution is 2.19. The van der Waals surface area contributed by atoms with E-state index in [1.54, 1.807) is 7.11 Å². The Morgan fingerprint density at radius 3 is 2.68 bits per heavy atom. The lowest BCUT2D eigenvalue weighted by Crippen LogP contribution is -2.36. The molecule has 1 aliphatic rings. The Morgan fingerprint density at radius 1 is 1.13 bits per heavy atom. The van der Waals surface area contributed by atoms with Crippen LogP contribution in [0.1, 0.15) is 36.5 Å². The average Bonchev–Trinajstić information content (AvgIpc) is 3.32. The van der Waals surface area contributed by atoms with Crippen molar-refractivity contribution in [2.75, 3.05) is 32.1 Å². The van der Waals surface area contributed by atoms with Crippen molar-refractivity contribution in [2.45, 2.75) is 39.8 Å². The number of aryl methyl sites for hydroxylation is 1. The van der Waals surface area contributed by atoms with Crippen LogP contribution >= 0.6 is 0 Å². The normalized spacial score (nSPS) is 13.8. The van der Waals surface area contributed by atoms with Gasteiger partial charge in [0, 0.05) is 37.4 Å². The molecule has 0 aliphatic carbocycles. The third-order valence-corrected chi connectivity index (χ3v) is 5.22. The Bertz CT molecular complexity index is 907. The predicted molar refractivity (Wildman–Crippen MR) is 126 cm³/mol. The Labute approximate surface area is 184 Å². The lowest BCUT2D eigenvalue weighted by Gasteiger charge is -2.16. The van der Waals surface area contributed by atoms with Gasteiger partial charge in [-0.1, -0.05) is 24.3 Å². The first-order valence-corrected chi connectivity index (χ1v) is 10.9. The van der Waals surface area contributed by atoms with Crippen molar-refractivity contribution in [3.63, 3.8) is 0 Å². The van der Waals surface area contributed by atoms with Gasteiger partial charge >= 0.3 is 6.03 Å². The number of methoxy groups -OCH3 is 1. The zero-order valence-electron chi connectivity index (χ0n) is 18.7. The Kier molecular flexibility index (Phi) is 8.15. The molecule has 0 bridgehead atoms. The first-order valence-electron chi connectivity index (χ1n) is 10.9. The van der Waals surface area contributed by atoms with Crippen LogP contribution in [0.5, 0.6) is 5.75 Å². The van der Waals surface area contributed by atoms with Crippen LogP contribution in [0.2, 0.25) is 0 Å². The summed E-state index contributed by atoms with van der Waals surface area (Å²) in [6, 6.07) is 14.0. The van der Waals surface area contributed by atoms with E-state index in [0.29, 0.717) is 13.1 Å². The molecule has 2 aromatic rings. The smallest absolute Gasteiger partial charge is 0.321 e. The Balaban J connectivity index is 1.61. The molecule has 2 aromatic carbocycles. The van der Waals surface area contributed by atoms with Gasteiger partial charge in [0.05, 0.1) is 13.7 Å². The molecule has 0 unspecified atom stereocenters. The maximum atomic E-state index is 12.3. The number of hydrogen-bond acceptors (Lipinski definition) is 3. The summed E-state index contributed by atoms with van der Waals surface area (Å²) in [4.78, 5) is 18.9. The van der Waals surface area contributed by atoms with Crippen molar-refractivity contribution in [2.24, 2.45) is 4.99 Å². The first-order chi connectivity index (χ1) is 15.1. The number of hydrogen-bond donors (Lipinski definition) is 3. The second kappa shape index (κ2) is 11.2. The number of nitrogens with zero attached hydrogens (tertiary/aromatic N) is 2. The summed E-state index contributed by atoms with van der Waals surface area (Å²) in [5.74, 6) is 1.60. The van der Waals surface area contributed by atoms with Gasteiger partial charge in [-0.05, 0) is 56.0 Å². The zero-order chi connectivity index (χ0) is 22.1. The minimum atomic E-state index is -0.0276. The minimum Gasteiger partial charge on any atom is -0.496 e. The van der Waals surface area contributed by atoms with Gasteiger partial charge in [0.1, 0.15) is 5.75 Å². The molecular formula is C24H33N5O2. The van der Waals surface area contributed by atoms with Gasteiger partial charge in [0.15, 0.2) is 5.96 Å². The van der Waals surface area contributed by atoms with Crippen molar-refractivity contribution >= 4 is 17.7 Å². The predicted octanol–water partition coefficient (Wildman–Crippen LogP) is 3.89. The monoisotopic (exact) mass is 423 g/mol. The van der Waals surface area contributed by atoms with Crippen molar-refractivity contribution in [1.29, 1.82) is 0 Å². The van der Waals surface area contributed by atoms with Crippen LogP contribution in [0.25, 0.3) is 0 Å². The van der Waals surface area contributed by atoms with Gasteiger partial charge in [-0.25, -0.2) is 9.79 Å². The Hall–Kier alpha value is -3.22. The molecule has 2 amide bonds. The van der Waals surface area contributed by atoms with Crippen LogP contribution in [0.4, 0.5) is 10.5 Å². The molecule has 0 atom stereocenters. The summed E-state index contributed by atoms with van der Waals surface area (Å²) >= 11 is 0. The van der Waals surface area contributed by atoms with Crippen LogP contribution in [-0.2, 0) is 13.1 Å². The summed E-state index contributed by atoms with van der Waals surface area (Å²) < 4.78 is 5.49. The molecule has 3 rings (SSSR count). The molecule has 3 N–H and O–H groups in total. The third-order valence-electron chi connectivity index (χ3n) is 5.22. The molecule has 7 nitrogen and oxygen atoms in total. The van der Waals surface area contributed by atoms with Gasteiger partial charge < -0.3 is 25.6 Å². The number of amides is 2. The summed E-state index contributed by atoms with van der Waals surface area (Å²) in [6.07, 6.45) is 2.16. The number of benzene rings is 2. The molecule has 7 heteroatoms. The Morgan fingerprint density at radius 2 is 1.94 bits per heavy atom. The molecule has 0 aromatic heterocycles. The number of carbonyl (C=O) groups is 1. The molecule has 0 spiro atoms. The second-order valence-corrected chi connectivity index (χ2v) is 7.69. The topological polar surface area (TPSA) is 78.0 Å². The first kappa shape index (κ1) is 22.5. The van der Waals surface area contributed by atoms with Gasteiger partial charge in [-0.3, -0.25) is 0 Å². The van der Waals surface area contributed by atoms with Crippen LogP contribution in [-0.4, -0.2) is 43.6 Å². The van der Waals surface area contributed by atoms with E-state index in [-0.39, 0.29) is 6.03 Å². The number of likely N-dealkylation sites (tertiary alicyclic amines) is 1. The van der Waals surface area contributed by atoms with E-state index in [2.05, 4.69) is 28.1 Å². The highest BCUT2D eigenvalue weighted by atomic mass is 16.5. The van der Waals surface area contributed by atoms with Crippen LogP contribution in [0.15, 0.2) is 47.5 Å². The molecule has 31 heavy (non-hydrogen) atoms. The molecule has 1 aliphatic heterocycles. The fourth-order valence-corrected chi connectivity index (χ4v) is 3.56. The molecule has 0 saturated carbocycles. The highest BCUT2D eigenvalue weighted by Gasteiger charge is 2.17. The van der Waals surface area contributed by atoms with Crippen LogP contribution < -0.4 is 20.7 Å². The van der Waals surface area contributed by atoms with E-state index < -0.39 is 0 Å². The van der Waals surface area contributed by atoms with Gasteiger partial charge in [0.2, 0.25) is 0 Å². The third kappa shape index (κ3) is 6.64. The van der Waals surface area contributed by atoms with E-state index >= 15 is 0 Å². The largest absolute Gasteiger partial charge is 0.496 e. The quantitative estimate of drug-likeness (QED) is 0.466. The lowest BCUT2D eigenvalue weighted by molar-refractivity contribution is 0.222. The van der Waals surface area contributed by atoms with Crippen LogP contribution in [0.3, 0.4) is 0 Å². The molecule has 1 saturated heterocycles. The number of guanidine groups is 1. The fourth-order valence-electron chi connectivity index (χ4n) is 3.56. The SMILES string of the molecule is CCNC(=NCc1cccc(NC(=O)N2CCCC2)c1)NCc1ccc(C)cc1OC. The van der Waals surface area contributed by atoms with Gasteiger partial charge in [0.25, 0.3) is 0 Å². The van der Waals surface area contributed by atoms with Crippen molar-refractivity contribution in [3.8, 4) is 5.75 Å². The van der Waals surface area contributed by atoms with Crippen molar-refractivity contribution in [3.05, 3.63) is 59.2 Å². The van der Waals surface area contributed by atoms with E-state index in [1.807, 2.05) is 49.1 Å². The number of ether oxygens (including phenoxy) is 1. The van der Waals surface area contributed by atoms with Gasteiger partial charge in [-0.2, -0.15) is 0 Å². The fraction of sp³-hybridized carbons (Fsp3) is 0.417. The van der Waals surface area contributed by atoms with Crippen molar-refractivity contribution < 1.29 is 9.53 Å². The lowest BCUT2D eigenvalue weighted by atomic mass is 10.1. The van der Waals surface area contributed by atoms with E-state index in [1.165, 1.54) is 0 Å². The highest BCUT2D eigenvalue weighted by molar-refractivity contribution is 5.89. The van der Waals surface area contributed by atoms with E-state index in [0.717, 1.165) is 66.6 Å². The molecule has 0 radical (unpaired) electrons.